The van der Waals surface area contributed by atoms with Gasteiger partial charge in [-0.25, -0.2) is 0 Å². The number of aliphatic hydroxyl groups excluding tert-OH is 1. The summed E-state index contributed by atoms with van der Waals surface area (Å²) in [5.74, 6) is 0. The molecule has 1 heterocycles. The van der Waals surface area contributed by atoms with Crippen molar-refractivity contribution in [3.8, 4) is 0 Å². The molecule has 2 rings (SSSR count). The van der Waals surface area contributed by atoms with Gasteiger partial charge in [-0.3, -0.25) is 8.86 Å². The Hall–Kier alpha value is -1.22. The first-order chi connectivity index (χ1) is 10.7. The van der Waals surface area contributed by atoms with Crippen LogP contribution in [0.25, 0.3) is 0 Å². The summed E-state index contributed by atoms with van der Waals surface area (Å²) in [5.41, 5.74) is 0.709. The van der Waals surface area contributed by atoms with Crippen molar-refractivity contribution in [3.63, 3.8) is 0 Å². The summed E-state index contributed by atoms with van der Waals surface area (Å²) in [4.78, 5) is 0.0845. The monoisotopic (exact) mass is 402 g/mol. The predicted octanol–water partition coefficient (Wildman–Crippen LogP) is 2.38. The Morgan fingerprint density at radius 2 is 1.91 bits per heavy atom. The van der Waals surface area contributed by atoms with Crippen LogP contribution in [0.3, 0.4) is 0 Å². The molecular formula is C15H19BrN2O4S. The average Bonchev–Trinajstić information content (AvgIpc) is 2.85. The Bertz CT molecular complexity index is 767. The summed E-state index contributed by atoms with van der Waals surface area (Å²) in [7, 11) is -3.90. The lowest BCUT2D eigenvalue weighted by Gasteiger charge is -2.27. The molecule has 126 valence electrons. The van der Waals surface area contributed by atoms with Crippen LogP contribution in [0.4, 0.5) is 0 Å². The second-order valence-electron chi connectivity index (χ2n) is 5.69. The molecule has 1 aromatic carbocycles. The Morgan fingerprint density at radius 3 is 2.39 bits per heavy atom. The molecule has 23 heavy (non-hydrogen) atoms. The Labute approximate surface area is 144 Å². The van der Waals surface area contributed by atoms with Gasteiger partial charge in [0, 0.05) is 6.20 Å². The minimum Gasteiger partial charge on any atom is -0.394 e. The van der Waals surface area contributed by atoms with Crippen molar-refractivity contribution in [1.82, 2.24) is 9.78 Å². The molecule has 1 atom stereocenters. The van der Waals surface area contributed by atoms with Gasteiger partial charge in [-0.2, -0.15) is 13.5 Å². The van der Waals surface area contributed by atoms with E-state index in [-0.39, 0.29) is 18.1 Å². The molecule has 1 aromatic heterocycles. The molecule has 1 N–H and O–H groups in total. The van der Waals surface area contributed by atoms with Gasteiger partial charge < -0.3 is 5.11 Å². The number of halogens is 1. The smallest absolute Gasteiger partial charge is 0.297 e. The zero-order valence-corrected chi connectivity index (χ0v) is 15.6. The number of hydrogen-bond donors (Lipinski definition) is 1. The second-order valence-corrected chi connectivity index (χ2v) is 8.16. The molecule has 0 radical (unpaired) electrons. The van der Waals surface area contributed by atoms with Gasteiger partial charge in [0.15, 0.2) is 0 Å². The fraction of sp³-hybridized carbons (Fsp3) is 0.400. The number of aryl methyl sites for hydroxylation is 2. The van der Waals surface area contributed by atoms with E-state index >= 15 is 0 Å². The van der Waals surface area contributed by atoms with Gasteiger partial charge >= 0.3 is 0 Å². The third kappa shape index (κ3) is 4.00. The third-order valence-electron chi connectivity index (χ3n) is 3.57. The van der Waals surface area contributed by atoms with Crippen molar-refractivity contribution in [1.29, 1.82) is 0 Å². The molecule has 0 spiro atoms. The maximum absolute atomic E-state index is 12.3. The molecule has 1 unspecified atom stereocenters. The van der Waals surface area contributed by atoms with E-state index in [1.54, 1.807) is 25.3 Å². The molecule has 0 fully saturated rings. The molecule has 0 aliphatic rings. The highest BCUT2D eigenvalue weighted by molar-refractivity contribution is 9.10. The molecular weight excluding hydrogens is 384 g/mol. The summed E-state index contributed by atoms with van der Waals surface area (Å²) in [5, 5.41) is 14.0. The van der Waals surface area contributed by atoms with Gasteiger partial charge in [0.25, 0.3) is 10.1 Å². The summed E-state index contributed by atoms with van der Waals surface area (Å²) in [6.07, 6.45) is 1.69. The minimum absolute atomic E-state index is 0.0845. The lowest BCUT2D eigenvalue weighted by molar-refractivity contribution is 0.0816. The zero-order chi connectivity index (χ0) is 17.3. The molecule has 8 heteroatoms. The largest absolute Gasteiger partial charge is 0.394 e. The van der Waals surface area contributed by atoms with Crippen molar-refractivity contribution >= 4 is 26.0 Å². The maximum Gasteiger partial charge on any atom is 0.297 e. The number of nitrogens with zero attached hydrogens (tertiary/aromatic N) is 2. The quantitative estimate of drug-likeness (QED) is 0.749. The van der Waals surface area contributed by atoms with E-state index in [0.717, 1.165) is 15.7 Å². The molecule has 0 aliphatic heterocycles. The highest BCUT2D eigenvalue weighted by Crippen LogP contribution is 2.23. The van der Waals surface area contributed by atoms with Gasteiger partial charge in [-0.15, -0.1) is 0 Å². The number of aromatic nitrogens is 2. The van der Waals surface area contributed by atoms with Gasteiger partial charge in [0.1, 0.15) is 5.54 Å². The van der Waals surface area contributed by atoms with Crippen LogP contribution in [0, 0.1) is 13.8 Å². The first-order valence-corrected chi connectivity index (χ1v) is 9.17. The van der Waals surface area contributed by atoms with Crippen LogP contribution in [0.2, 0.25) is 0 Å². The van der Waals surface area contributed by atoms with Crippen LogP contribution < -0.4 is 0 Å². The summed E-state index contributed by atoms with van der Waals surface area (Å²) in [6, 6.07) is 6.40. The number of rotatable bonds is 6. The first kappa shape index (κ1) is 18.1. The van der Waals surface area contributed by atoms with E-state index in [2.05, 4.69) is 21.0 Å². The van der Waals surface area contributed by atoms with Crippen molar-refractivity contribution in [2.75, 3.05) is 13.2 Å². The number of hydrogen-bond acceptors (Lipinski definition) is 5. The summed E-state index contributed by atoms with van der Waals surface area (Å²) >= 11 is 3.35. The second kappa shape index (κ2) is 6.72. The topological polar surface area (TPSA) is 81.4 Å². The van der Waals surface area contributed by atoms with Crippen LogP contribution in [-0.2, 0) is 19.8 Å². The van der Waals surface area contributed by atoms with Crippen molar-refractivity contribution in [2.24, 2.45) is 0 Å². The summed E-state index contributed by atoms with van der Waals surface area (Å²) < 4.78 is 32.0. The van der Waals surface area contributed by atoms with Crippen molar-refractivity contribution in [2.45, 2.75) is 31.2 Å². The van der Waals surface area contributed by atoms with Gasteiger partial charge in [0.2, 0.25) is 0 Å². The van der Waals surface area contributed by atoms with Crippen LogP contribution in [0.1, 0.15) is 18.2 Å². The molecule has 6 nitrogen and oxygen atoms in total. The van der Waals surface area contributed by atoms with Crippen molar-refractivity contribution in [3.05, 3.63) is 46.2 Å². The van der Waals surface area contributed by atoms with E-state index in [1.165, 1.54) is 16.8 Å². The SMILES string of the molecule is Cc1ccc(S(=O)(=O)OCC(C)(CO)n2cc(Br)c(C)n2)cc1. The standard InChI is InChI=1S/C15H19BrN2O4S/c1-11-4-6-13(7-5-11)23(20,21)22-10-15(3,9-19)18-8-14(16)12(2)17-18/h4-8,19H,9-10H2,1-3H3. The van der Waals surface area contributed by atoms with E-state index in [4.69, 9.17) is 4.18 Å². The first-order valence-electron chi connectivity index (χ1n) is 6.97. The fourth-order valence-corrected chi connectivity index (χ4v) is 3.17. The highest BCUT2D eigenvalue weighted by atomic mass is 79.9. The molecule has 0 aliphatic carbocycles. The van der Waals surface area contributed by atoms with E-state index < -0.39 is 15.7 Å². The van der Waals surface area contributed by atoms with E-state index in [0.29, 0.717) is 0 Å². The molecule has 0 amide bonds. The molecule has 0 saturated heterocycles. The number of aliphatic hydroxyl groups is 1. The van der Waals surface area contributed by atoms with Crippen LogP contribution in [-0.4, -0.2) is 36.5 Å². The van der Waals surface area contributed by atoms with Gasteiger partial charge in [-0.05, 0) is 48.8 Å². The Kier molecular flexibility index (Phi) is 5.30. The zero-order valence-electron chi connectivity index (χ0n) is 13.2. The van der Waals surface area contributed by atoms with Crippen LogP contribution >= 0.6 is 15.9 Å². The highest BCUT2D eigenvalue weighted by Gasteiger charge is 2.31. The van der Waals surface area contributed by atoms with E-state index in [1.807, 2.05) is 13.8 Å². The minimum atomic E-state index is -3.90. The van der Waals surface area contributed by atoms with Crippen molar-refractivity contribution < 1.29 is 17.7 Å². The van der Waals surface area contributed by atoms with E-state index in [9.17, 15) is 13.5 Å². The predicted molar refractivity (Wildman–Crippen MR) is 89.7 cm³/mol. The molecule has 0 saturated carbocycles. The van der Waals surface area contributed by atoms with Gasteiger partial charge in [-0.1, -0.05) is 17.7 Å². The lowest BCUT2D eigenvalue weighted by atomic mass is 10.1. The average molecular weight is 403 g/mol. The number of benzene rings is 1. The Balaban J connectivity index is 2.20. The van der Waals surface area contributed by atoms with Crippen LogP contribution in [0.5, 0.6) is 0 Å². The van der Waals surface area contributed by atoms with Gasteiger partial charge in [0.05, 0.1) is 28.3 Å². The molecule has 2 aromatic rings. The third-order valence-corrected chi connectivity index (χ3v) is 5.62. The van der Waals surface area contributed by atoms with Crippen LogP contribution in [0.15, 0.2) is 39.8 Å². The maximum atomic E-state index is 12.3. The molecule has 0 bridgehead atoms. The summed E-state index contributed by atoms with van der Waals surface area (Å²) in [6.45, 7) is 4.81. The lowest BCUT2D eigenvalue weighted by Crippen LogP contribution is -2.40. The Morgan fingerprint density at radius 1 is 1.30 bits per heavy atom. The fourth-order valence-electron chi connectivity index (χ4n) is 1.88. The normalized spacial score (nSPS) is 14.7.